The highest BCUT2D eigenvalue weighted by molar-refractivity contribution is 5.93. The van der Waals surface area contributed by atoms with Crippen molar-refractivity contribution in [2.75, 3.05) is 20.2 Å². The smallest absolute Gasteiger partial charge is 0.345 e. The Morgan fingerprint density at radius 2 is 1.85 bits per heavy atom. The normalized spacial score (nSPS) is 17.6. The van der Waals surface area contributed by atoms with Gasteiger partial charge in [-0.3, -0.25) is 14.5 Å². The third-order valence-electron chi connectivity index (χ3n) is 7.01. The molecule has 174 valence electrons. The first-order valence-corrected chi connectivity index (χ1v) is 11.7. The standard InChI is InChI=1S/C24H30N6O3/c1-28-24(32)30(17-7-3-4-8-17)22(27-28)16-11-13-29(14-12-16)23(31)20-15-19(25-26-20)18-9-5-6-10-21(18)33-2/h5-6,9-10,15-17H,3-4,7-8,11-14H2,1-2H3,(H,25,26). The summed E-state index contributed by atoms with van der Waals surface area (Å²) in [7, 11) is 3.35. The summed E-state index contributed by atoms with van der Waals surface area (Å²) in [5.74, 6) is 1.74. The fourth-order valence-electron chi connectivity index (χ4n) is 5.22. The minimum atomic E-state index is -0.0590. The molecule has 2 fully saturated rings. The van der Waals surface area contributed by atoms with Crippen LogP contribution in [0.25, 0.3) is 11.3 Å². The molecule has 0 radical (unpaired) electrons. The van der Waals surface area contributed by atoms with Crippen LogP contribution in [-0.2, 0) is 7.05 Å². The fourth-order valence-corrected chi connectivity index (χ4v) is 5.22. The number of nitrogens with one attached hydrogen (secondary N) is 1. The molecule has 1 saturated heterocycles. The summed E-state index contributed by atoms with van der Waals surface area (Å²) in [6.07, 6.45) is 6.01. The van der Waals surface area contributed by atoms with E-state index in [-0.39, 0.29) is 23.6 Å². The molecule has 1 aliphatic carbocycles. The van der Waals surface area contributed by atoms with Crippen molar-refractivity contribution < 1.29 is 9.53 Å². The molecule has 0 bridgehead atoms. The average molecular weight is 451 g/mol. The van der Waals surface area contributed by atoms with E-state index in [1.54, 1.807) is 20.2 Å². The minimum Gasteiger partial charge on any atom is -0.496 e. The Hall–Kier alpha value is -3.36. The van der Waals surface area contributed by atoms with Crippen LogP contribution in [0.3, 0.4) is 0 Å². The number of rotatable bonds is 5. The number of H-pyrrole nitrogens is 1. The average Bonchev–Trinajstić information content (AvgIpc) is 3.60. The molecule has 5 rings (SSSR count). The van der Waals surface area contributed by atoms with Crippen molar-refractivity contribution in [1.29, 1.82) is 0 Å². The molecule has 3 heterocycles. The Balaban J connectivity index is 1.29. The Morgan fingerprint density at radius 3 is 2.58 bits per heavy atom. The van der Waals surface area contributed by atoms with Crippen LogP contribution in [0.5, 0.6) is 5.75 Å². The van der Waals surface area contributed by atoms with Gasteiger partial charge in [-0.1, -0.05) is 25.0 Å². The number of aryl methyl sites for hydroxylation is 1. The highest BCUT2D eigenvalue weighted by Crippen LogP contribution is 2.34. The van der Waals surface area contributed by atoms with Crippen LogP contribution < -0.4 is 10.4 Å². The predicted molar refractivity (Wildman–Crippen MR) is 123 cm³/mol. The fraction of sp³-hybridized carbons (Fsp3) is 0.500. The van der Waals surface area contributed by atoms with Crippen LogP contribution in [-0.4, -0.2) is 55.6 Å². The zero-order chi connectivity index (χ0) is 22.9. The summed E-state index contributed by atoms with van der Waals surface area (Å²) in [4.78, 5) is 27.7. The van der Waals surface area contributed by atoms with E-state index in [1.165, 1.54) is 17.5 Å². The largest absolute Gasteiger partial charge is 0.496 e. The highest BCUT2D eigenvalue weighted by atomic mass is 16.5. The van der Waals surface area contributed by atoms with E-state index in [1.807, 2.05) is 33.7 Å². The van der Waals surface area contributed by atoms with Gasteiger partial charge >= 0.3 is 5.69 Å². The van der Waals surface area contributed by atoms with E-state index in [9.17, 15) is 9.59 Å². The van der Waals surface area contributed by atoms with Gasteiger partial charge in [-0.15, -0.1) is 0 Å². The number of nitrogens with zero attached hydrogens (tertiary/aromatic N) is 5. The number of benzene rings is 1. The summed E-state index contributed by atoms with van der Waals surface area (Å²) in [6.45, 7) is 1.25. The molecule has 33 heavy (non-hydrogen) atoms. The van der Waals surface area contributed by atoms with Crippen LogP contribution in [0.1, 0.15) is 66.8 Å². The van der Waals surface area contributed by atoms with E-state index >= 15 is 0 Å². The van der Waals surface area contributed by atoms with Crippen LogP contribution in [0, 0.1) is 0 Å². The number of piperidine rings is 1. The van der Waals surface area contributed by atoms with Crippen LogP contribution in [0.4, 0.5) is 0 Å². The number of carbonyl (C=O) groups is 1. The van der Waals surface area contributed by atoms with E-state index in [2.05, 4.69) is 15.3 Å². The minimum absolute atomic E-state index is 0.0169. The van der Waals surface area contributed by atoms with E-state index in [0.717, 1.165) is 37.1 Å². The monoisotopic (exact) mass is 450 g/mol. The zero-order valence-corrected chi connectivity index (χ0v) is 19.2. The van der Waals surface area contributed by atoms with Gasteiger partial charge in [0.2, 0.25) is 0 Å². The number of hydrogen-bond donors (Lipinski definition) is 1. The first-order valence-electron chi connectivity index (χ1n) is 11.7. The number of para-hydroxylation sites is 1. The predicted octanol–water partition coefficient (Wildman–Crippen LogP) is 3.12. The lowest BCUT2D eigenvalue weighted by Gasteiger charge is -2.31. The van der Waals surface area contributed by atoms with Crippen molar-refractivity contribution in [2.24, 2.45) is 7.05 Å². The second kappa shape index (κ2) is 8.88. The van der Waals surface area contributed by atoms with Gasteiger partial charge in [0.1, 0.15) is 17.3 Å². The number of ether oxygens (including phenoxy) is 1. The van der Waals surface area contributed by atoms with Gasteiger partial charge in [0.25, 0.3) is 5.91 Å². The molecule has 9 heteroatoms. The van der Waals surface area contributed by atoms with Gasteiger partial charge < -0.3 is 9.64 Å². The lowest BCUT2D eigenvalue weighted by Crippen LogP contribution is -2.39. The second-order valence-corrected chi connectivity index (χ2v) is 9.01. The third-order valence-corrected chi connectivity index (χ3v) is 7.01. The lowest BCUT2D eigenvalue weighted by molar-refractivity contribution is 0.0703. The number of aromatic nitrogens is 5. The van der Waals surface area contributed by atoms with Crippen LogP contribution >= 0.6 is 0 Å². The first kappa shape index (κ1) is 21.5. The molecule has 1 N–H and O–H groups in total. The molecule has 0 spiro atoms. The third kappa shape index (κ3) is 3.96. The quantitative estimate of drug-likeness (QED) is 0.644. The van der Waals surface area contributed by atoms with Gasteiger partial charge in [0, 0.05) is 37.7 Å². The van der Waals surface area contributed by atoms with Crippen molar-refractivity contribution in [1.82, 2.24) is 29.4 Å². The molecule has 9 nitrogen and oxygen atoms in total. The van der Waals surface area contributed by atoms with Gasteiger partial charge in [-0.25, -0.2) is 9.48 Å². The summed E-state index contributed by atoms with van der Waals surface area (Å²) in [5, 5.41) is 11.8. The molecule has 3 aromatic rings. The Morgan fingerprint density at radius 1 is 1.12 bits per heavy atom. The summed E-state index contributed by atoms with van der Waals surface area (Å²) in [5.41, 5.74) is 1.97. The molecule has 2 aromatic heterocycles. The van der Waals surface area contributed by atoms with Crippen molar-refractivity contribution in [2.45, 2.75) is 50.5 Å². The van der Waals surface area contributed by atoms with E-state index in [0.29, 0.717) is 30.2 Å². The summed E-state index contributed by atoms with van der Waals surface area (Å²) >= 11 is 0. The molecule has 1 saturated carbocycles. The maximum absolute atomic E-state index is 13.1. The van der Waals surface area contributed by atoms with E-state index < -0.39 is 0 Å². The molecule has 0 unspecified atom stereocenters. The summed E-state index contributed by atoms with van der Waals surface area (Å²) in [6, 6.07) is 9.66. The maximum Gasteiger partial charge on any atom is 0.345 e. The molecule has 1 amide bonds. The van der Waals surface area contributed by atoms with Crippen molar-refractivity contribution in [3.8, 4) is 17.0 Å². The Labute approximate surface area is 192 Å². The number of methoxy groups -OCH3 is 1. The second-order valence-electron chi connectivity index (χ2n) is 9.01. The van der Waals surface area contributed by atoms with Gasteiger partial charge in [0.05, 0.1) is 12.8 Å². The Bertz CT molecular complexity index is 1200. The molecule has 1 aromatic carbocycles. The molecule has 0 atom stereocenters. The van der Waals surface area contributed by atoms with Gasteiger partial charge in [-0.2, -0.15) is 10.2 Å². The number of hydrogen-bond acceptors (Lipinski definition) is 5. The number of amides is 1. The topological polar surface area (TPSA) is 98.0 Å². The van der Waals surface area contributed by atoms with Gasteiger partial charge in [-0.05, 0) is 43.9 Å². The highest BCUT2D eigenvalue weighted by Gasteiger charge is 2.32. The number of aromatic amines is 1. The van der Waals surface area contributed by atoms with Crippen LogP contribution in [0.2, 0.25) is 0 Å². The number of carbonyl (C=O) groups excluding carboxylic acids is 1. The van der Waals surface area contributed by atoms with Crippen molar-refractivity contribution >= 4 is 5.91 Å². The lowest BCUT2D eigenvalue weighted by atomic mass is 9.95. The van der Waals surface area contributed by atoms with Gasteiger partial charge in [0.15, 0.2) is 0 Å². The van der Waals surface area contributed by atoms with E-state index in [4.69, 9.17) is 4.74 Å². The Kier molecular flexibility index (Phi) is 5.78. The molecular weight excluding hydrogens is 420 g/mol. The molecule has 2 aliphatic rings. The SMILES string of the molecule is COc1ccccc1-c1cc(C(=O)N2CCC(c3nn(C)c(=O)n3C3CCCC3)CC2)[nH]n1. The first-order chi connectivity index (χ1) is 16.1. The molecule has 1 aliphatic heterocycles. The zero-order valence-electron chi connectivity index (χ0n) is 19.2. The van der Waals surface area contributed by atoms with Crippen molar-refractivity contribution in [3.63, 3.8) is 0 Å². The summed E-state index contributed by atoms with van der Waals surface area (Å²) < 4.78 is 8.82. The van der Waals surface area contributed by atoms with Crippen molar-refractivity contribution in [3.05, 3.63) is 52.3 Å². The number of likely N-dealkylation sites (tertiary alicyclic amines) is 1. The van der Waals surface area contributed by atoms with Crippen LogP contribution in [0.15, 0.2) is 35.1 Å². The maximum atomic E-state index is 13.1. The molecular formula is C24H30N6O3.